The first-order chi connectivity index (χ1) is 9.97. The van der Waals surface area contributed by atoms with Crippen LogP contribution in [0.1, 0.15) is 47.1 Å². The molecule has 1 aromatic carbocycles. The second-order valence-corrected chi connectivity index (χ2v) is 17.3. The maximum atomic E-state index is 2.67. The lowest BCUT2D eigenvalue weighted by Crippen LogP contribution is -2.52. The van der Waals surface area contributed by atoms with Gasteiger partial charge in [-0.15, -0.1) is 0 Å². The lowest BCUT2D eigenvalue weighted by atomic mass is 10.2. The van der Waals surface area contributed by atoms with Gasteiger partial charge in [0, 0.05) is 0 Å². The van der Waals surface area contributed by atoms with Gasteiger partial charge in [-0.25, -0.2) is 0 Å². The Kier molecular flexibility index (Phi) is 6.93. The highest BCUT2D eigenvalue weighted by Gasteiger charge is 2.33. The van der Waals surface area contributed by atoms with Crippen molar-refractivity contribution in [1.82, 2.24) is 0 Å². The molecule has 0 unspecified atom stereocenters. The van der Waals surface area contributed by atoms with Crippen LogP contribution in [-0.4, -0.2) is 16.1 Å². The predicted molar refractivity (Wildman–Crippen MR) is 105 cm³/mol. The van der Waals surface area contributed by atoms with Crippen LogP contribution in [0.2, 0.25) is 36.3 Å². The normalized spacial score (nSPS) is 12.7. The van der Waals surface area contributed by atoms with Crippen molar-refractivity contribution in [2.75, 3.05) is 0 Å². The number of benzene rings is 1. The Morgan fingerprint density at radius 1 is 0.571 bits per heavy atom. The van der Waals surface area contributed by atoms with Gasteiger partial charge >= 0.3 is 0 Å². The van der Waals surface area contributed by atoms with E-state index in [4.69, 9.17) is 0 Å². The van der Waals surface area contributed by atoms with Crippen LogP contribution in [-0.2, 0) is 0 Å². The quantitative estimate of drug-likeness (QED) is 0.561. The van der Waals surface area contributed by atoms with Crippen molar-refractivity contribution in [2.45, 2.75) is 84.7 Å². The van der Waals surface area contributed by atoms with E-state index in [0.29, 0.717) is 0 Å². The zero-order valence-electron chi connectivity index (χ0n) is 15.5. The standard InChI is InChI=1S/C19H36Si2/c1-8-20(9-2,10-3)18-14-17(7)15-19(16-18)21(11-4,12-5)13-6/h14-16H,8-13H2,1-7H3. The van der Waals surface area contributed by atoms with Crippen LogP contribution < -0.4 is 10.4 Å². The Morgan fingerprint density at radius 2 is 0.857 bits per heavy atom. The van der Waals surface area contributed by atoms with Crippen LogP contribution in [0.4, 0.5) is 0 Å². The summed E-state index contributed by atoms with van der Waals surface area (Å²) < 4.78 is 0. The summed E-state index contributed by atoms with van der Waals surface area (Å²) in [5, 5.41) is 3.49. The third-order valence-corrected chi connectivity index (χ3v) is 17.5. The summed E-state index contributed by atoms with van der Waals surface area (Å²) in [6.07, 6.45) is 0. The summed E-state index contributed by atoms with van der Waals surface area (Å²) in [7, 11) is -2.50. The topological polar surface area (TPSA) is 0 Å². The monoisotopic (exact) mass is 320 g/mol. The van der Waals surface area contributed by atoms with E-state index in [1.54, 1.807) is 10.4 Å². The summed E-state index contributed by atoms with van der Waals surface area (Å²) in [5.41, 5.74) is 1.50. The first-order valence-electron chi connectivity index (χ1n) is 9.10. The molecule has 0 heterocycles. The second-order valence-electron chi connectivity index (χ2n) is 6.77. The van der Waals surface area contributed by atoms with Gasteiger partial charge in [0.1, 0.15) is 0 Å². The zero-order valence-corrected chi connectivity index (χ0v) is 17.5. The molecule has 0 amide bonds. The van der Waals surface area contributed by atoms with E-state index in [1.165, 1.54) is 41.8 Å². The highest BCUT2D eigenvalue weighted by atomic mass is 28.3. The molecule has 0 aromatic heterocycles. The van der Waals surface area contributed by atoms with Crippen LogP contribution in [0.3, 0.4) is 0 Å². The molecule has 0 aliphatic rings. The van der Waals surface area contributed by atoms with E-state index in [9.17, 15) is 0 Å². The summed E-state index contributed by atoms with van der Waals surface area (Å²) in [6.45, 7) is 16.8. The van der Waals surface area contributed by atoms with Gasteiger partial charge in [0.15, 0.2) is 0 Å². The van der Waals surface area contributed by atoms with Crippen molar-refractivity contribution in [3.05, 3.63) is 23.8 Å². The third kappa shape index (κ3) is 3.53. The highest BCUT2D eigenvalue weighted by Crippen LogP contribution is 2.24. The van der Waals surface area contributed by atoms with Crippen LogP contribution in [0.25, 0.3) is 0 Å². The van der Waals surface area contributed by atoms with E-state index < -0.39 is 16.1 Å². The Balaban J connectivity index is 3.46. The van der Waals surface area contributed by atoms with Gasteiger partial charge in [-0.3, -0.25) is 0 Å². The van der Waals surface area contributed by atoms with Gasteiger partial charge in [-0.1, -0.05) is 112 Å². The van der Waals surface area contributed by atoms with E-state index in [1.807, 2.05) is 0 Å². The number of rotatable bonds is 8. The molecule has 0 saturated heterocycles. The number of hydrogen-bond donors (Lipinski definition) is 0. The fourth-order valence-electron chi connectivity index (χ4n) is 4.12. The van der Waals surface area contributed by atoms with Crippen molar-refractivity contribution < 1.29 is 0 Å². The van der Waals surface area contributed by atoms with Gasteiger partial charge in [0.05, 0.1) is 16.1 Å². The molecule has 1 aromatic rings. The first kappa shape index (κ1) is 18.7. The molecular formula is C19H36Si2. The molecule has 0 N–H and O–H groups in total. The van der Waals surface area contributed by atoms with Crippen molar-refractivity contribution in [2.24, 2.45) is 0 Å². The lowest BCUT2D eigenvalue weighted by Gasteiger charge is -2.34. The minimum Gasteiger partial charge on any atom is -0.0675 e. The summed E-state index contributed by atoms with van der Waals surface area (Å²) in [4.78, 5) is 0. The van der Waals surface area contributed by atoms with Crippen LogP contribution in [0.15, 0.2) is 18.2 Å². The number of hydrogen-bond acceptors (Lipinski definition) is 0. The summed E-state index contributed by atoms with van der Waals surface area (Å²) in [6, 6.07) is 16.0. The maximum Gasteiger partial charge on any atom is 0.0859 e. The largest absolute Gasteiger partial charge is 0.0859 e. The van der Waals surface area contributed by atoms with Crippen molar-refractivity contribution in [3.63, 3.8) is 0 Å². The molecule has 0 bridgehead atoms. The number of aryl methyl sites for hydroxylation is 1. The molecule has 1 rings (SSSR count). The van der Waals surface area contributed by atoms with E-state index in [2.05, 4.69) is 66.7 Å². The molecule has 0 spiro atoms. The minimum atomic E-state index is -1.25. The molecular weight excluding hydrogens is 284 g/mol. The Morgan fingerprint density at radius 3 is 1.10 bits per heavy atom. The fourth-order valence-corrected chi connectivity index (χ4v) is 11.7. The lowest BCUT2D eigenvalue weighted by molar-refractivity contribution is 1.18. The zero-order chi connectivity index (χ0) is 16.1. The summed E-state index contributed by atoms with van der Waals surface area (Å²) in [5.74, 6) is 0. The van der Waals surface area contributed by atoms with Crippen molar-refractivity contribution >= 4 is 26.5 Å². The van der Waals surface area contributed by atoms with Crippen LogP contribution in [0, 0.1) is 6.92 Å². The fraction of sp³-hybridized carbons (Fsp3) is 0.684. The molecule has 0 atom stereocenters. The molecule has 0 aliphatic carbocycles. The van der Waals surface area contributed by atoms with Crippen LogP contribution in [0.5, 0.6) is 0 Å². The maximum absolute atomic E-state index is 2.67. The van der Waals surface area contributed by atoms with Crippen LogP contribution >= 0.6 is 0 Å². The molecule has 0 nitrogen and oxygen atoms in total. The van der Waals surface area contributed by atoms with Gasteiger partial charge in [-0.05, 0) is 6.92 Å². The molecule has 21 heavy (non-hydrogen) atoms. The minimum absolute atomic E-state index is 1.25. The van der Waals surface area contributed by atoms with Crippen molar-refractivity contribution in [3.8, 4) is 0 Å². The van der Waals surface area contributed by atoms with Gasteiger partial charge < -0.3 is 0 Å². The van der Waals surface area contributed by atoms with Gasteiger partial charge in [-0.2, -0.15) is 0 Å². The SMILES string of the molecule is CC[Si](CC)(CC)c1cc(C)cc([Si](CC)(CC)CC)c1. The van der Waals surface area contributed by atoms with E-state index in [-0.39, 0.29) is 0 Å². The molecule has 0 aliphatic heterocycles. The average molecular weight is 321 g/mol. The molecule has 0 radical (unpaired) electrons. The molecule has 2 heteroatoms. The first-order valence-corrected chi connectivity index (χ1v) is 14.3. The smallest absolute Gasteiger partial charge is 0.0675 e. The van der Waals surface area contributed by atoms with Gasteiger partial charge in [0.25, 0.3) is 0 Å². The van der Waals surface area contributed by atoms with E-state index in [0.717, 1.165) is 0 Å². The summed E-state index contributed by atoms with van der Waals surface area (Å²) >= 11 is 0. The van der Waals surface area contributed by atoms with Crippen molar-refractivity contribution in [1.29, 1.82) is 0 Å². The Labute approximate surface area is 135 Å². The molecule has 0 saturated carbocycles. The third-order valence-electron chi connectivity index (χ3n) is 6.36. The average Bonchev–Trinajstić information content (AvgIpc) is 2.52. The van der Waals surface area contributed by atoms with E-state index >= 15 is 0 Å². The Bertz CT molecular complexity index is 388. The second kappa shape index (κ2) is 7.78. The molecule has 0 fully saturated rings. The highest BCUT2D eigenvalue weighted by molar-refractivity contribution is 6.94. The predicted octanol–water partition coefficient (Wildman–Crippen LogP) is 5.43. The molecule has 120 valence electrons. The van der Waals surface area contributed by atoms with Gasteiger partial charge in [0.2, 0.25) is 0 Å². The Hall–Kier alpha value is -0.346.